The van der Waals surface area contributed by atoms with Crippen LogP contribution in [0.25, 0.3) is 0 Å². The van der Waals surface area contributed by atoms with E-state index in [1.807, 2.05) is 0 Å². The molecule has 0 saturated heterocycles. The monoisotopic (exact) mass is 266 g/mol. The van der Waals surface area contributed by atoms with Crippen LogP contribution in [0.3, 0.4) is 0 Å². The maximum absolute atomic E-state index is 12.9. The molecule has 1 aromatic rings. The Kier molecular flexibility index (Phi) is 3.14. The lowest BCUT2D eigenvalue weighted by molar-refractivity contribution is -0.123. The van der Waals surface area contributed by atoms with E-state index in [1.54, 1.807) is 6.07 Å². The number of fused-ring (bicyclic) bond motifs is 2. The van der Waals surface area contributed by atoms with Crippen LogP contribution in [0.5, 0.6) is 0 Å². The Hall–Kier alpha value is -0.890. The first-order valence-electron chi connectivity index (χ1n) is 6.60. The Morgan fingerprint density at radius 1 is 1.33 bits per heavy atom. The van der Waals surface area contributed by atoms with Crippen molar-refractivity contribution >= 4 is 17.4 Å². The van der Waals surface area contributed by atoms with Crippen LogP contribution in [-0.4, -0.2) is 5.78 Å². The summed E-state index contributed by atoms with van der Waals surface area (Å²) in [6.07, 6.45) is 5.15. The Morgan fingerprint density at radius 2 is 2.17 bits per heavy atom. The van der Waals surface area contributed by atoms with Crippen molar-refractivity contribution in [2.75, 3.05) is 0 Å². The van der Waals surface area contributed by atoms with Crippen molar-refractivity contribution in [2.24, 2.45) is 17.8 Å². The van der Waals surface area contributed by atoms with Gasteiger partial charge in [0, 0.05) is 17.4 Å². The normalized spacial score (nSPS) is 29.8. The highest BCUT2D eigenvalue weighted by Crippen LogP contribution is 2.48. The Morgan fingerprint density at radius 3 is 2.78 bits per heavy atom. The molecule has 0 N–H and O–H groups in total. The molecule has 2 aliphatic carbocycles. The fourth-order valence-electron chi connectivity index (χ4n) is 3.62. The molecule has 3 atom stereocenters. The minimum Gasteiger partial charge on any atom is -0.299 e. The minimum absolute atomic E-state index is 0.227. The molecule has 0 radical (unpaired) electrons. The first kappa shape index (κ1) is 12.2. The van der Waals surface area contributed by atoms with Gasteiger partial charge in [-0.15, -0.1) is 0 Å². The van der Waals surface area contributed by atoms with Crippen molar-refractivity contribution in [2.45, 2.75) is 32.1 Å². The second kappa shape index (κ2) is 4.65. The SMILES string of the molecule is O=C(Cc1ccc(F)cc1Cl)C1CC2CCC1C2. The van der Waals surface area contributed by atoms with Gasteiger partial charge in [-0.05, 0) is 48.8 Å². The quantitative estimate of drug-likeness (QED) is 0.807. The first-order chi connectivity index (χ1) is 8.63. The standard InChI is InChI=1S/C15H16ClFO/c16-14-8-12(17)4-3-11(14)7-15(18)13-6-9-1-2-10(13)5-9/h3-4,8-10,13H,1-2,5-7H2. The third kappa shape index (κ3) is 2.18. The van der Waals surface area contributed by atoms with Gasteiger partial charge < -0.3 is 0 Å². The van der Waals surface area contributed by atoms with Crippen LogP contribution >= 0.6 is 11.6 Å². The molecule has 0 spiro atoms. The van der Waals surface area contributed by atoms with E-state index in [4.69, 9.17) is 11.6 Å². The van der Waals surface area contributed by atoms with Crippen molar-refractivity contribution < 1.29 is 9.18 Å². The molecule has 0 amide bonds. The molecule has 3 unspecified atom stereocenters. The summed E-state index contributed by atoms with van der Waals surface area (Å²) in [5.74, 6) is 1.53. The minimum atomic E-state index is -0.351. The molecule has 1 nitrogen and oxygen atoms in total. The lowest BCUT2D eigenvalue weighted by Gasteiger charge is -2.20. The summed E-state index contributed by atoms with van der Waals surface area (Å²) in [4.78, 5) is 12.3. The number of hydrogen-bond donors (Lipinski definition) is 0. The highest BCUT2D eigenvalue weighted by molar-refractivity contribution is 6.31. The second-order valence-corrected chi connectivity index (χ2v) is 6.07. The molecule has 0 aliphatic heterocycles. The highest BCUT2D eigenvalue weighted by atomic mass is 35.5. The number of carbonyl (C=O) groups is 1. The molecule has 0 heterocycles. The maximum Gasteiger partial charge on any atom is 0.140 e. The van der Waals surface area contributed by atoms with Gasteiger partial charge >= 0.3 is 0 Å². The maximum atomic E-state index is 12.9. The number of benzene rings is 1. The number of halogens is 2. The summed E-state index contributed by atoms with van der Waals surface area (Å²) >= 11 is 5.97. The predicted octanol–water partition coefficient (Wildman–Crippen LogP) is 4.03. The number of carbonyl (C=O) groups excluding carboxylic acids is 1. The average molecular weight is 267 g/mol. The van der Waals surface area contributed by atoms with E-state index in [1.165, 1.54) is 31.4 Å². The zero-order valence-corrected chi connectivity index (χ0v) is 10.9. The summed E-state index contributed by atoms with van der Waals surface area (Å²) < 4.78 is 12.9. The van der Waals surface area contributed by atoms with Crippen molar-refractivity contribution in [3.8, 4) is 0 Å². The Bertz CT molecular complexity index is 485. The zero-order valence-electron chi connectivity index (χ0n) is 10.2. The fraction of sp³-hybridized carbons (Fsp3) is 0.533. The number of ketones is 1. The average Bonchev–Trinajstić information content (AvgIpc) is 2.94. The number of hydrogen-bond acceptors (Lipinski definition) is 1. The molecule has 18 heavy (non-hydrogen) atoms. The zero-order chi connectivity index (χ0) is 12.7. The molecule has 2 saturated carbocycles. The van der Waals surface area contributed by atoms with Crippen LogP contribution < -0.4 is 0 Å². The van der Waals surface area contributed by atoms with Crippen molar-refractivity contribution in [3.05, 3.63) is 34.6 Å². The Labute approximate surface area is 111 Å². The molecule has 3 heteroatoms. The summed E-state index contributed by atoms with van der Waals surface area (Å²) in [6, 6.07) is 4.28. The third-order valence-corrected chi connectivity index (χ3v) is 4.88. The van der Waals surface area contributed by atoms with Crippen molar-refractivity contribution in [3.63, 3.8) is 0 Å². The summed E-state index contributed by atoms with van der Waals surface area (Å²) in [5, 5.41) is 0.367. The number of rotatable bonds is 3. The van der Waals surface area contributed by atoms with Crippen molar-refractivity contribution in [1.29, 1.82) is 0 Å². The van der Waals surface area contributed by atoms with Gasteiger partial charge in [0.15, 0.2) is 0 Å². The van der Waals surface area contributed by atoms with Gasteiger partial charge in [0.1, 0.15) is 11.6 Å². The topological polar surface area (TPSA) is 17.1 Å². The molecule has 96 valence electrons. The smallest absolute Gasteiger partial charge is 0.140 e. The highest BCUT2D eigenvalue weighted by Gasteiger charge is 2.42. The van der Waals surface area contributed by atoms with Crippen LogP contribution in [0, 0.1) is 23.6 Å². The van der Waals surface area contributed by atoms with Gasteiger partial charge in [-0.1, -0.05) is 24.1 Å². The number of Topliss-reactive ketones (excluding diaryl/α,β-unsaturated/α-hetero) is 1. The van der Waals surface area contributed by atoms with Crippen LogP contribution in [0.4, 0.5) is 4.39 Å². The second-order valence-electron chi connectivity index (χ2n) is 5.66. The van der Waals surface area contributed by atoms with E-state index in [-0.39, 0.29) is 17.5 Å². The molecule has 2 aliphatic rings. The largest absolute Gasteiger partial charge is 0.299 e. The lowest BCUT2D eigenvalue weighted by atomic mass is 9.83. The van der Waals surface area contributed by atoms with E-state index in [0.717, 1.165) is 17.9 Å². The van der Waals surface area contributed by atoms with Crippen LogP contribution in [0.15, 0.2) is 18.2 Å². The van der Waals surface area contributed by atoms with E-state index in [0.29, 0.717) is 17.4 Å². The van der Waals surface area contributed by atoms with Gasteiger partial charge in [0.25, 0.3) is 0 Å². The van der Waals surface area contributed by atoms with Gasteiger partial charge in [-0.25, -0.2) is 4.39 Å². The Balaban J connectivity index is 1.71. The third-order valence-electron chi connectivity index (χ3n) is 4.53. The van der Waals surface area contributed by atoms with Crippen molar-refractivity contribution in [1.82, 2.24) is 0 Å². The van der Waals surface area contributed by atoms with E-state index < -0.39 is 0 Å². The van der Waals surface area contributed by atoms with E-state index >= 15 is 0 Å². The lowest BCUT2D eigenvalue weighted by Crippen LogP contribution is -2.22. The molecular weight excluding hydrogens is 251 g/mol. The predicted molar refractivity (Wildman–Crippen MR) is 69.1 cm³/mol. The molecule has 0 aromatic heterocycles. The van der Waals surface area contributed by atoms with Crippen LogP contribution in [0.1, 0.15) is 31.2 Å². The molecule has 3 rings (SSSR count). The van der Waals surface area contributed by atoms with Gasteiger partial charge in [0.2, 0.25) is 0 Å². The van der Waals surface area contributed by atoms with Crippen LogP contribution in [-0.2, 0) is 11.2 Å². The van der Waals surface area contributed by atoms with E-state index in [9.17, 15) is 9.18 Å². The van der Waals surface area contributed by atoms with Gasteiger partial charge in [0.05, 0.1) is 0 Å². The summed E-state index contributed by atoms with van der Waals surface area (Å²) in [7, 11) is 0. The molecule has 1 aromatic carbocycles. The van der Waals surface area contributed by atoms with Crippen LogP contribution in [0.2, 0.25) is 5.02 Å². The summed E-state index contributed by atoms with van der Waals surface area (Å²) in [5.41, 5.74) is 0.755. The van der Waals surface area contributed by atoms with E-state index in [2.05, 4.69) is 0 Å². The first-order valence-corrected chi connectivity index (χ1v) is 6.98. The van der Waals surface area contributed by atoms with Gasteiger partial charge in [-0.2, -0.15) is 0 Å². The molecular formula is C15H16ClFO. The summed E-state index contributed by atoms with van der Waals surface area (Å²) in [6.45, 7) is 0. The van der Waals surface area contributed by atoms with Gasteiger partial charge in [-0.3, -0.25) is 4.79 Å². The molecule has 2 fully saturated rings. The fourth-order valence-corrected chi connectivity index (χ4v) is 3.86. The molecule has 2 bridgehead atoms.